The Morgan fingerprint density at radius 3 is 2.62 bits per heavy atom. The summed E-state index contributed by atoms with van der Waals surface area (Å²) in [5.41, 5.74) is 1.05. The van der Waals surface area contributed by atoms with E-state index in [1.807, 2.05) is 13.0 Å². The van der Waals surface area contributed by atoms with E-state index in [2.05, 4.69) is 33.1 Å². The lowest BCUT2D eigenvalue weighted by Crippen LogP contribution is -2.20. The molecule has 0 saturated carbocycles. The molecule has 3 heteroatoms. The molecule has 0 spiro atoms. The fourth-order valence-electron chi connectivity index (χ4n) is 2.34. The summed E-state index contributed by atoms with van der Waals surface area (Å²) in [7, 11) is 0. The molecule has 0 N–H and O–H groups in total. The largest absolute Gasteiger partial charge is 0.356 e. The number of benzene rings is 1. The lowest BCUT2D eigenvalue weighted by atomic mass is 10.2. The normalized spacial score (nSPS) is 15.9. The van der Waals surface area contributed by atoms with Gasteiger partial charge in [0.1, 0.15) is 11.6 Å². The molecule has 1 aromatic carbocycles. The van der Waals surface area contributed by atoms with Gasteiger partial charge in [-0.2, -0.15) is 0 Å². The average molecular weight is 213 g/mol. The monoisotopic (exact) mass is 213 g/mol. The third-order valence-electron chi connectivity index (χ3n) is 3.10. The summed E-state index contributed by atoms with van der Waals surface area (Å²) >= 11 is 0. The van der Waals surface area contributed by atoms with E-state index in [9.17, 15) is 0 Å². The first-order valence-corrected chi connectivity index (χ1v) is 5.83. The topological polar surface area (TPSA) is 29.0 Å². The van der Waals surface area contributed by atoms with Crippen LogP contribution in [-0.2, 0) is 0 Å². The lowest BCUT2D eigenvalue weighted by molar-refractivity contribution is 0.925. The second kappa shape index (κ2) is 3.74. The molecule has 0 aliphatic carbocycles. The summed E-state index contributed by atoms with van der Waals surface area (Å²) in [5.74, 6) is 1.97. The molecule has 0 radical (unpaired) electrons. The molecule has 1 fully saturated rings. The van der Waals surface area contributed by atoms with Crippen LogP contribution in [0.1, 0.15) is 18.7 Å². The summed E-state index contributed by atoms with van der Waals surface area (Å²) < 4.78 is 0. The average Bonchev–Trinajstić information content (AvgIpc) is 2.81. The molecule has 3 nitrogen and oxygen atoms in total. The van der Waals surface area contributed by atoms with Crippen molar-refractivity contribution < 1.29 is 0 Å². The molecule has 1 saturated heterocycles. The molecular formula is C13H15N3. The zero-order chi connectivity index (χ0) is 11.0. The predicted octanol–water partition coefficient (Wildman–Crippen LogP) is 2.54. The van der Waals surface area contributed by atoms with Gasteiger partial charge in [0.25, 0.3) is 0 Å². The van der Waals surface area contributed by atoms with E-state index in [0.717, 1.165) is 30.2 Å². The molecule has 2 aromatic rings. The standard InChI is InChI=1S/C13H15N3/c1-10-14-12-7-3-2-6-11(12)13(15-10)16-8-4-5-9-16/h2-3,6-7H,4-5,8-9H2,1H3. The van der Waals surface area contributed by atoms with Crippen molar-refractivity contribution in [3.05, 3.63) is 30.1 Å². The molecule has 82 valence electrons. The number of hydrogen-bond donors (Lipinski definition) is 0. The van der Waals surface area contributed by atoms with Crippen molar-refractivity contribution in [1.82, 2.24) is 9.97 Å². The fourth-order valence-corrected chi connectivity index (χ4v) is 2.34. The zero-order valence-electron chi connectivity index (χ0n) is 9.48. The number of fused-ring (bicyclic) bond motifs is 1. The second-order valence-corrected chi connectivity index (χ2v) is 4.31. The summed E-state index contributed by atoms with van der Waals surface area (Å²) in [6.45, 7) is 4.22. The van der Waals surface area contributed by atoms with Gasteiger partial charge in [0, 0.05) is 18.5 Å². The Labute approximate surface area is 95.1 Å². The number of para-hydroxylation sites is 1. The van der Waals surface area contributed by atoms with Crippen LogP contribution >= 0.6 is 0 Å². The first kappa shape index (κ1) is 9.58. The van der Waals surface area contributed by atoms with Gasteiger partial charge in [-0.15, -0.1) is 0 Å². The quantitative estimate of drug-likeness (QED) is 0.729. The smallest absolute Gasteiger partial charge is 0.140 e. The van der Waals surface area contributed by atoms with Crippen molar-refractivity contribution in [3.8, 4) is 0 Å². The Bertz CT molecular complexity index is 516. The van der Waals surface area contributed by atoms with Gasteiger partial charge < -0.3 is 4.90 Å². The number of nitrogens with zero attached hydrogens (tertiary/aromatic N) is 3. The maximum Gasteiger partial charge on any atom is 0.140 e. The summed E-state index contributed by atoms with van der Waals surface area (Å²) in [5, 5.41) is 1.18. The van der Waals surface area contributed by atoms with Crippen LogP contribution in [0.3, 0.4) is 0 Å². The Morgan fingerprint density at radius 2 is 1.81 bits per heavy atom. The van der Waals surface area contributed by atoms with Crippen LogP contribution in [0.2, 0.25) is 0 Å². The molecular weight excluding hydrogens is 198 g/mol. The van der Waals surface area contributed by atoms with Crippen molar-refractivity contribution in [3.63, 3.8) is 0 Å². The van der Waals surface area contributed by atoms with Gasteiger partial charge in [0.2, 0.25) is 0 Å². The summed E-state index contributed by atoms with van der Waals surface area (Å²) in [6, 6.07) is 8.26. The lowest BCUT2D eigenvalue weighted by Gasteiger charge is -2.18. The highest BCUT2D eigenvalue weighted by Gasteiger charge is 2.16. The van der Waals surface area contributed by atoms with E-state index in [1.54, 1.807) is 0 Å². The van der Waals surface area contributed by atoms with E-state index in [1.165, 1.54) is 18.2 Å². The van der Waals surface area contributed by atoms with Crippen LogP contribution in [0.4, 0.5) is 5.82 Å². The van der Waals surface area contributed by atoms with Crippen LogP contribution in [-0.4, -0.2) is 23.1 Å². The number of anilines is 1. The molecule has 0 bridgehead atoms. The Balaban J connectivity index is 2.21. The maximum atomic E-state index is 4.60. The minimum absolute atomic E-state index is 0.862. The van der Waals surface area contributed by atoms with Crippen molar-refractivity contribution in [1.29, 1.82) is 0 Å². The number of aryl methyl sites for hydroxylation is 1. The van der Waals surface area contributed by atoms with Gasteiger partial charge in [-0.25, -0.2) is 9.97 Å². The van der Waals surface area contributed by atoms with Crippen molar-refractivity contribution in [2.24, 2.45) is 0 Å². The van der Waals surface area contributed by atoms with Crippen LogP contribution < -0.4 is 4.90 Å². The Hall–Kier alpha value is -1.64. The van der Waals surface area contributed by atoms with Crippen molar-refractivity contribution in [2.75, 3.05) is 18.0 Å². The minimum Gasteiger partial charge on any atom is -0.356 e. The molecule has 1 aliphatic heterocycles. The van der Waals surface area contributed by atoms with Crippen LogP contribution in [0.25, 0.3) is 10.9 Å². The van der Waals surface area contributed by atoms with Gasteiger partial charge in [-0.3, -0.25) is 0 Å². The molecule has 16 heavy (non-hydrogen) atoms. The summed E-state index contributed by atoms with van der Waals surface area (Å²) in [4.78, 5) is 11.4. The van der Waals surface area contributed by atoms with Crippen LogP contribution in [0.5, 0.6) is 0 Å². The first-order chi connectivity index (χ1) is 7.84. The summed E-state index contributed by atoms with van der Waals surface area (Å²) in [6.07, 6.45) is 2.55. The first-order valence-electron chi connectivity index (χ1n) is 5.83. The SMILES string of the molecule is Cc1nc(N2CCCC2)c2ccccc2n1. The third kappa shape index (κ3) is 1.52. The molecule has 0 atom stereocenters. The van der Waals surface area contributed by atoms with Gasteiger partial charge in [0.05, 0.1) is 5.52 Å². The number of aromatic nitrogens is 2. The van der Waals surface area contributed by atoms with E-state index in [-0.39, 0.29) is 0 Å². The predicted molar refractivity (Wildman–Crippen MR) is 65.7 cm³/mol. The van der Waals surface area contributed by atoms with Crippen molar-refractivity contribution in [2.45, 2.75) is 19.8 Å². The molecule has 1 aliphatic rings. The Kier molecular flexibility index (Phi) is 2.24. The zero-order valence-corrected chi connectivity index (χ0v) is 9.48. The molecule has 1 aromatic heterocycles. The van der Waals surface area contributed by atoms with E-state index < -0.39 is 0 Å². The highest BCUT2D eigenvalue weighted by Crippen LogP contribution is 2.26. The third-order valence-corrected chi connectivity index (χ3v) is 3.10. The molecule has 0 amide bonds. The Morgan fingerprint density at radius 1 is 1.06 bits per heavy atom. The second-order valence-electron chi connectivity index (χ2n) is 4.31. The highest BCUT2D eigenvalue weighted by atomic mass is 15.2. The molecule has 2 heterocycles. The van der Waals surface area contributed by atoms with Gasteiger partial charge >= 0.3 is 0 Å². The molecule has 0 unspecified atom stereocenters. The maximum absolute atomic E-state index is 4.60. The van der Waals surface area contributed by atoms with Crippen molar-refractivity contribution >= 4 is 16.7 Å². The van der Waals surface area contributed by atoms with Gasteiger partial charge in [-0.1, -0.05) is 12.1 Å². The number of rotatable bonds is 1. The fraction of sp³-hybridized carbons (Fsp3) is 0.385. The van der Waals surface area contributed by atoms with E-state index in [0.29, 0.717) is 0 Å². The minimum atomic E-state index is 0.862. The molecule has 3 rings (SSSR count). The van der Waals surface area contributed by atoms with Crippen LogP contribution in [0.15, 0.2) is 24.3 Å². The van der Waals surface area contributed by atoms with Gasteiger partial charge in [0.15, 0.2) is 0 Å². The highest BCUT2D eigenvalue weighted by molar-refractivity contribution is 5.89. The van der Waals surface area contributed by atoms with E-state index in [4.69, 9.17) is 0 Å². The van der Waals surface area contributed by atoms with Crippen LogP contribution in [0, 0.1) is 6.92 Å². The van der Waals surface area contributed by atoms with Gasteiger partial charge in [-0.05, 0) is 31.9 Å². The number of hydrogen-bond acceptors (Lipinski definition) is 3. The van der Waals surface area contributed by atoms with E-state index >= 15 is 0 Å².